The topological polar surface area (TPSA) is 55.2 Å². The molecule has 0 aromatic heterocycles. The van der Waals surface area contributed by atoms with Crippen LogP contribution in [0.1, 0.15) is 17.2 Å². The zero-order valence-electron chi connectivity index (χ0n) is 11.3. The van der Waals surface area contributed by atoms with E-state index in [9.17, 15) is 18.9 Å². The van der Waals surface area contributed by atoms with Gasteiger partial charge in [0.25, 0.3) is 5.69 Å². The molecular formula is C15H14F2N2O2. The van der Waals surface area contributed by atoms with Crippen molar-refractivity contribution in [3.05, 3.63) is 75.3 Å². The lowest BCUT2D eigenvalue weighted by Gasteiger charge is -2.17. The Kier molecular flexibility index (Phi) is 4.59. The molecule has 4 nitrogen and oxygen atoms in total. The molecule has 0 amide bonds. The highest BCUT2D eigenvalue weighted by molar-refractivity contribution is 5.34. The molecule has 0 bridgehead atoms. The van der Waals surface area contributed by atoms with Crippen molar-refractivity contribution in [3.63, 3.8) is 0 Å². The molecule has 0 aliphatic rings. The quantitative estimate of drug-likeness (QED) is 0.679. The van der Waals surface area contributed by atoms with Crippen molar-refractivity contribution in [2.24, 2.45) is 0 Å². The summed E-state index contributed by atoms with van der Waals surface area (Å²) < 4.78 is 26.7. The molecule has 21 heavy (non-hydrogen) atoms. The standard InChI is InChI=1S/C15H14F2N2O2/c1-18-15(13-7-4-11(16)9-14(13)17)8-10-2-5-12(6-3-10)19(20)21/h2-7,9,15,18H,8H2,1H3. The van der Waals surface area contributed by atoms with E-state index in [0.29, 0.717) is 12.0 Å². The van der Waals surface area contributed by atoms with Crippen molar-refractivity contribution in [3.8, 4) is 0 Å². The number of halogens is 2. The summed E-state index contributed by atoms with van der Waals surface area (Å²) in [4.78, 5) is 10.1. The Hall–Kier alpha value is -2.34. The molecular weight excluding hydrogens is 278 g/mol. The second-order valence-corrected chi connectivity index (χ2v) is 4.63. The lowest BCUT2D eigenvalue weighted by molar-refractivity contribution is -0.384. The van der Waals surface area contributed by atoms with E-state index >= 15 is 0 Å². The highest BCUT2D eigenvalue weighted by atomic mass is 19.1. The van der Waals surface area contributed by atoms with Crippen LogP contribution in [-0.4, -0.2) is 12.0 Å². The fourth-order valence-electron chi connectivity index (χ4n) is 2.14. The minimum Gasteiger partial charge on any atom is -0.313 e. The fourth-order valence-corrected chi connectivity index (χ4v) is 2.14. The maximum Gasteiger partial charge on any atom is 0.269 e. The van der Waals surface area contributed by atoms with Crippen LogP contribution < -0.4 is 5.32 Å². The van der Waals surface area contributed by atoms with Gasteiger partial charge < -0.3 is 5.32 Å². The van der Waals surface area contributed by atoms with E-state index in [-0.39, 0.29) is 11.7 Å². The first kappa shape index (κ1) is 15.1. The van der Waals surface area contributed by atoms with Crippen LogP contribution in [0.5, 0.6) is 0 Å². The van der Waals surface area contributed by atoms with Gasteiger partial charge in [-0.25, -0.2) is 8.78 Å². The second kappa shape index (κ2) is 6.41. The van der Waals surface area contributed by atoms with Gasteiger partial charge in [-0.1, -0.05) is 18.2 Å². The van der Waals surface area contributed by atoms with Crippen molar-refractivity contribution >= 4 is 5.69 Å². The Bertz CT molecular complexity index is 645. The Morgan fingerprint density at radius 3 is 2.38 bits per heavy atom. The van der Waals surface area contributed by atoms with E-state index in [1.54, 1.807) is 19.2 Å². The summed E-state index contributed by atoms with van der Waals surface area (Å²) in [6, 6.07) is 9.18. The normalized spacial score (nSPS) is 12.1. The summed E-state index contributed by atoms with van der Waals surface area (Å²) in [5.74, 6) is -1.24. The number of nitrogens with zero attached hydrogens (tertiary/aromatic N) is 1. The number of nitro groups is 1. The Balaban J connectivity index is 2.20. The molecule has 0 heterocycles. The molecule has 1 atom stereocenters. The van der Waals surface area contributed by atoms with Gasteiger partial charge in [0.2, 0.25) is 0 Å². The SMILES string of the molecule is CNC(Cc1ccc([N+](=O)[O-])cc1)c1ccc(F)cc1F. The van der Waals surface area contributed by atoms with Crippen molar-refractivity contribution < 1.29 is 13.7 Å². The van der Waals surface area contributed by atoms with Crippen LogP contribution in [0.3, 0.4) is 0 Å². The second-order valence-electron chi connectivity index (χ2n) is 4.63. The van der Waals surface area contributed by atoms with Crippen LogP contribution in [0, 0.1) is 21.7 Å². The zero-order chi connectivity index (χ0) is 15.4. The molecule has 2 rings (SSSR count). The van der Waals surface area contributed by atoms with E-state index in [0.717, 1.165) is 11.6 Å². The van der Waals surface area contributed by atoms with Crippen LogP contribution in [0.2, 0.25) is 0 Å². The fraction of sp³-hybridized carbons (Fsp3) is 0.200. The third-order valence-electron chi connectivity index (χ3n) is 3.27. The van der Waals surface area contributed by atoms with Crippen molar-refractivity contribution in [1.82, 2.24) is 5.32 Å². The molecule has 0 saturated heterocycles. The molecule has 2 aromatic carbocycles. The Labute approximate surface area is 120 Å². The summed E-state index contributed by atoms with van der Waals surface area (Å²) in [7, 11) is 1.68. The lowest BCUT2D eigenvalue weighted by Crippen LogP contribution is -2.20. The molecule has 1 N–H and O–H groups in total. The first-order valence-electron chi connectivity index (χ1n) is 6.37. The first-order chi connectivity index (χ1) is 10.0. The van der Waals surface area contributed by atoms with Gasteiger partial charge in [0.1, 0.15) is 11.6 Å². The average molecular weight is 292 g/mol. The summed E-state index contributed by atoms with van der Waals surface area (Å²) in [5, 5.41) is 13.6. The molecule has 0 aliphatic heterocycles. The molecule has 0 fully saturated rings. The monoisotopic (exact) mass is 292 g/mol. The van der Waals surface area contributed by atoms with Gasteiger partial charge in [0, 0.05) is 29.8 Å². The number of likely N-dealkylation sites (N-methyl/N-ethyl adjacent to an activating group) is 1. The summed E-state index contributed by atoms with van der Waals surface area (Å²) in [6.07, 6.45) is 0.442. The van der Waals surface area contributed by atoms with E-state index < -0.39 is 16.6 Å². The Morgan fingerprint density at radius 2 is 1.86 bits per heavy atom. The van der Waals surface area contributed by atoms with Gasteiger partial charge in [0.15, 0.2) is 0 Å². The number of nitro benzene ring substituents is 1. The van der Waals surface area contributed by atoms with Gasteiger partial charge >= 0.3 is 0 Å². The molecule has 0 saturated carbocycles. The van der Waals surface area contributed by atoms with Crippen molar-refractivity contribution in [2.75, 3.05) is 7.05 Å². The highest BCUT2D eigenvalue weighted by Gasteiger charge is 2.16. The molecule has 0 radical (unpaired) electrons. The highest BCUT2D eigenvalue weighted by Crippen LogP contribution is 2.23. The average Bonchev–Trinajstić information content (AvgIpc) is 2.46. The number of rotatable bonds is 5. The summed E-state index contributed by atoms with van der Waals surface area (Å²) in [6.45, 7) is 0. The van der Waals surface area contributed by atoms with E-state index in [4.69, 9.17) is 0 Å². The van der Waals surface area contributed by atoms with Crippen LogP contribution in [0.4, 0.5) is 14.5 Å². The maximum atomic E-state index is 13.8. The maximum absolute atomic E-state index is 13.8. The van der Waals surface area contributed by atoms with Crippen LogP contribution >= 0.6 is 0 Å². The Morgan fingerprint density at radius 1 is 1.19 bits per heavy atom. The first-order valence-corrected chi connectivity index (χ1v) is 6.37. The number of non-ortho nitro benzene ring substituents is 1. The number of nitrogens with one attached hydrogen (secondary N) is 1. The summed E-state index contributed by atoms with van der Waals surface area (Å²) >= 11 is 0. The van der Waals surface area contributed by atoms with Gasteiger partial charge in [-0.05, 0) is 25.1 Å². The largest absolute Gasteiger partial charge is 0.313 e. The van der Waals surface area contributed by atoms with E-state index in [1.807, 2.05) is 0 Å². The predicted molar refractivity (Wildman–Crippen MR) is 75.0 cm³/mol. The van der Waals surface area contributed by atoms with Gasteiger partial charge in [-0.15, -0.1) is 0 Å². The lowest BCUT2D eigenvalue weighted by atomic mass is 9.98. The van der Waals surface area contributed by atoms with Gasteiger partial charge in [0.05, 0.1) is 4.92 Å². The molecule has 0 spiro atoms. The minimum absolute atomic E-state index is 0.00715. The van der Waals surface area contributed by atoms with Gasteiger partial charge in [-0.3, -0.25) is 10.1 Å². The van der Waals surface area contributed by atoms with Crippen LogP contribution in [0.15, 0.2) is 42.5 Å². The van der Waals surface area contributed by atoms with E-state index in [2.05, 4.69) is 5.32 Å². The number of hydrogen-bond acceptors (Lipinski definition) is 3. The molecule has 110 valence electrons. The molecule has 1 unspecified atom stereocenters. The van der Waals surface area contributed by atoms with Crippen molar-refractivity contribution in [1.29, 1.82) is 0 Å². The molecule has 6 heteroatoms. The third kappa shape index (κ3) is 3.61. The molecule has 2 aromatic rings. The van der Waals surface area contributed by atoms with Crippen LogP contribution in [-0.2, 0) is 6.42 Å². The summed E-state index contributed by atoms with van der Waals surface area (Å²) in [5.41, 5.74) is 1.19. The van der Waals surface area contributed by atoms with Gasteiger partial charge in [-0.2, -0.15) is 0 Å². The number of hydrogen-bond donors (Lipinski definition) is 1. The van der Waals surface area contributed by atoms with Crippen molar-refractivity contribution in [2.45, 2.75) is 12.5 Å². The smallest absolute Gasteiger partial charge is 0.269 e. The minimum atomic E-state index is -0.624. The van der Waals surface area contributed by atoms with E-state index in [1.165, 1.54) is 24.3 Å². The number of benzene rings is 2. The molecule has 0 aliphatic carbocycles. The zero-order valence-corrected chi connectivity index (χ0v) is 11.3. The third-order valence-corrected chi connectivity index (χ3v) is 3.27. The predicted octanol–water partition coefficient (Wildman–Crippen LogP) is 3.38. The van der Waals surface area contributed by atoms with Crippen LogP contribution in [0.25, 0.3) is 0 Å².